The van der Waals surface area contributed by atoms with Gasteiger partial charge in [-0.3, -0.25) is 4.98 Å². The Kier molecular flexibility index (Phi) is 4.37. The Morgan fingerprint density at radius 2 is 1.59 bits per heavy atom. The maximum Gasteiger partial charge on any atom is 0.164 e. The van der Waals surface area contributed by atoms with Gasteiger partial charge in [0, 0.05) is 17.8 Å². The second-order valence-electron chi connectivity index (χ2n) is 5.76. The zero-order valence-electron chi connectivity index (χ0n) is 13.8. The topological polar surface area (TPSA) is 63.6 Å². The van der Waals surface area contributed by atoms with Crippen LogP contribution < -0.4 is 5.32 Å². The number of nitrogens with one attached hydrogen (secondary N) is 1. The van der Waals surface area contributed by atoms with Gasteiger partial charge < -0.3 is 5.32 Å². The number of benzene rings is 1. The van der Waals surface area contributed by atoms with Crippen LogP contribution in [-0.2, 0) is 6.54 Å². The summed E-state index contributed by atoms with van der Waals surface area (Å²) in [6.07, 6.45) is 3.92. The summed E-state index contributed by atoms with van der Waals surface area (Å²) >= 11 is 0. The molecule has 0 fully saturated rings. The molecule has 27 heavy (non-hydrogen) atoms. The van der Waals surface area contributed by atoms with Crippen LogP contribution in [0.15, 0.2) is 55.1 Å². The predicted molar refractivity (Wildman–Crippen MR) is 94.2 cm³/mol. The van der Waals surface area contributed by atoms with Gasteiger partial charge in [-0.1, -0.05) is 12.1 Å². The molecule has 4 aromatic rings. The molecule has 3 heterocycles. The lowest BCUT2D eigenvalue weighted by molar-refractivity contribution is 0.560. The second-order valence-corrected chi connectivity index (χ2v) is 5.76. The van der Waals surface area contributed by atoms with Crippen molar-refractivity contribution in [2.24, 2.45) is 0 Å². The number of pyridine rings is 2. The summed E-state index contributed by atoms with van der Waals surface area (Å²) in [5.41, 5.74) is 2.05. The van der Waals surface area contributed by atoms with E-state index in [-0.39, 0.29) is 18.1 Å². The summed E-state index contributed by atoms with van der Waals surface area (Å²) in [6, 6.07) is 8.61. The van der Waals surface area contributed by atoms with Crippen LogP contribution >= 0.6 is 0 Å². The monoisotopic (exact) mass is 367 g/mol. The van der Waals surface area contributed by atoms with Crippen molar-refractivity contribution in [3.63, 3.8) is 0 Å². The molecule has 0 saturated carbocycles. The fourth-order valence-corrected chi connectivity index (χ4v) is 2.63. The summed E-state index contributed by atoms with van der Waals surface area (Å²) < 4.78 is 39.9. The van der Waals surface area contributed by atoms with Crippen LogP contribution in [0.2, 0.25) is 0 Å². The number of anilines is 1. The van der Waals surface area contributed by atoms with E-state index in [2.05, 4.69) is 25.3 Å². The Labute approximate surface area is 152 Å². The number of nitrogens with zero attached hydrogens (tertiary/aromatic N) is 4. The van der Waals surface area contributed by atoms with Crippen molar-refractivity contribution in [2.75, 3.05) is 5.32 Å². The van der Waals surface area contributed by atoms with Crippen molar-refractivity contribution in [3.8, 4) is 11.1 Å². The Balaban J connectivity index is 1.67. The molecule has 0 bridgehead atoms. The first kappa shape index (κ1) is 16.9. The highest BCUT2D eigenvalue weighted by Gasteiger charge is 2.10. The molecule has 0 aliphatic heterocycles. The van der Waals surface area contributed by atoms with Gasteiger partial charge in [-0.25, -0.2) is 28.1 Å². The number of halogens is 3. The quantitative estimate of drug-likeness (QED) is 0.588. The number of hydrogen-bond acceptors (Lipinski definition) is 5. The third-order valence-electron chi connectivity index (χ3n) is 3.97. The van der Waals surface area contributed by atoms with E-state index in [1.54, 1.807) is 18.3 Å². The largest absolute Gasteiger partial charge is 0.364 e. The van der Waals surface area contributed by atoms with Gasteiger partial charge in [0.1, 0.15) is 29.6 Å². The number of hydrogen-bond donors (Lipinski definition) is 1. The first-order valence-electron chi connectivity index (χ1n) is 8.00. The van der Waals surface area contributed by atoms with E-state index in [0.717, 1.165) is 23.4 Å². The van der Waals surface area contributed by atoms with E-state index in [0.29, 0.717) is 16.9 Å². The van der Waals surface area contributed by atoms with Crippen LogP contribution in [-0.4, -0.2) is 19.9 Å². The van der Waals surface area contributed by atoms with E-state index in [9.17, 15) is 13.2 Å². The van der Waals surface area contributed by atoms with Crippen LogP contribution in [0.4, 0.5) is 19.0 Å². The minimum absolute atomic E-state index is 0.0129. The van der Waals surface area contributed by atoms with E-state index in [4.69, 9.17) is 0 Å². The van der Waals surface area contributed by atoms with Crippen LogP contribution in [0, 0.1) is 17.5 Å². The van der Waals surface area contributed by atoms with Gasteiger partial charge in [-0.05, 0) is 23.8 Å². The summed E-state index contributed by atoms with van der Waals surface area (Å²) in [6.45, 7) is 0.0129. The molecule has 0 aliphatic carbocycles. The van der Waals surface area contributed by atoms with Crippen LogP contribution in [0.3, 0.4) is 0 Å². The Morgan fingerprint density at radius 1 is 0.778 bits per heavy atom. The zero-order valence-corrected chi connectivity index (χ0v) is 13.8. The van der Waals surface area contributed by atoms with Gasteiger partial charge in [0.25, 0.3) is 0 Å². The molecule has 4 rings (SSSR count). The molecule has 0 aliphatic rings. The molecule has 0 amide bonds. The Bertz CT molecular complexity index is 1120. The molecule has 3 aromatic heterocycles. The lowest BCUT2D eigenvalue weighted by Gasteiger charge is -2.09. The molecule has 0 spiro atoms. The molecule has 8 heteroatoms. The van der Waals surface area contributed by atoms with Gasteiger partial charge in [-0.15, -0.1) is 0 Å². The second kappa shape index (κ2) is 6.99. The fraction of sp³-hybridized carbons (Fsp3) is 0.0526. The smallest absolute Gasteiger partial charge is 0.164 e. The summed E-state index contributed by atoms with van der Waals surface area (Å²) in [5, 5.41) is 3.59. The molecule has 1 aromatic carbocycles. The first-order valence-corrected chi connectivity index (χ1v) is 8.00. The maximum atomic E-state index is 13.8. The molecule has 0 atom stereocenters. The molecule has 1 N–H and O–H groups in total. The molecule has 0 unspecified atom stereocenters. The van der Waals surface area contributed by atoms with E-state index in [1.165, 1.54) is 18.5 Å². The van der Waals surface area contributed by atoms with Crippen molar-refractivity contribution in [2.45, 2.75) is 6.54 Å². The van der Waals surface area contributed by atoms with E-state index >= 15 is 0 Å². The Hall–Kier alpha value is -3.55. The normalized spacial score (nSPS) is 10.9. The molecular formula is C19H12F3N5. The number of aromatic nitrogens is 4. The van der Waals surface area contributed by atoms with Crippen molar-refractivity contribution >= 4 is 16.9 Å². The average Bonchev–Trinajstić information content (AvgIpc) is 2.67. The standard InChI is InChI=1S/C19H12F3N5/c20-13-3-1-11(2-4-13)12-5-15-18(24-7-12)26-10-27-19(15)25-9-17-16(22)6-14(21)8-23-17/h1-8,10H,9H2,(H,24,25,26,27). The van der Waals surface area contributed by atoms with Gasteiger partial charge in [-0.2, -0.15) is 0 Å². The lowest BCUT2D eigenvalue weighted by Crippen LogP contribution is -2.07. The van der Waals surface area contributed by atoms with Gasteiger partial charge in [0.15, 0.2) is 5.65 Å². The van der Waals surface area contributed by atoms with Crippen LogP contribution in [0.25, 0.3) is 22.2 Å². The first-order chi connectivity index (χ1) is 13.1. The minimum atomic E-state index is -0.744. The molecule has 0 saturated heterocycles. The van der Waals surface area contributed by atoms with Gasteiger partial charge in [0.2, 0.25) is 0 Å². The molecule has 5 nitrogen and oxygen atoms in total. The SMILES string of the molecule is Fc1ccc(-c2cnc3ncnc(NCc4ncc(F)cc4F)c3c2)cc1. The highest BCUT2D eigenvalue weighted by Crippen LogP contribution is 2.25. The highest BCUT2D eigenvalue weighted by molar-refractivity contribution is 5.89. The van der Waals surface area contributed by atoms with Crippen molar-refractivity contribution in [1.82, 2.24) is 19.9 Å². The molecule has 0 radical (unpaired) electrons. The highest BCUT2D eigenvalue weighted by atomic mass is 19.1. The molecule has 134 valence electrons. The van der Waals surface area contributed by atoms with Gasteiger partial charge in [0.05, 0.1) is 23.8 Å². The van der Waals surface area contributed by atoms with E-state index < -0.39 is 11.6 Å². The van der Waals surface area contributed by atoms with Crippen molar-refractivity contribution in [3.05, 3.63) is 78.3 Å². The zero-order chi connectivity index (χ0) is 18.8. The third-order valence-corrected chi connectivity index (χ3v) is 3.97. The average molecular weight is 367 g/mol. The van der Waals surface area contributed by atoms with Crippen LogP contribution in [0.1, 0.15) is 5.69 Å². The summed E-state index contributed by atoms with van der Waals surface area (Å²) in [4.78, 5) is 16.3. The molecular weight excluding hydrogens is 355 g/mol. The number of fused-ring (bicyclic) bond motifs is 1. The van der Waals surface area contributed by atoms with Gasteiger partial charge >= 0.3 is 0 Å². The van der Waals surface area contributed by atoms with Crippen molar-refractivity contribution < 1.29 is 13.2 Å². The number of rotatable bonds is 4. The lowest BCUT2D eigenvalue weighted by atomic mass is 10.1. The Morgan fingerprint density at radius 3 is 2.37 bits per heavy atom. The van der Waals surface area contributed by atoms with E-state index in [1.807, 2.05) is 6.07 Å². The third kappa shape index (κ3) is 3.55. The summed E-state index contributed by atoms with van der Waals surface area (Å²) in [7, 11) is 0. The van der Waals surface area contributed by atoms with Crippen LogP contribution in [0.5, 0.6) is 0 Å². The fourth-order valence-electron chi connectivity index (χ4n) is 2.63. The minimum Gasteiger partial charge on any atom is -0.364 e. The van der Waals surface area contributed by atoms with Crippen molar-refractivity contribution in [1.29, 1.82) is 0 Å². The summed E-state index contributed by atoms with van der Waals surface area (Å²) in [5.74, 6) is -1.38. The maximum absolute atomic E-state index is 13.8. The predicted octanol–water partition coefficient (Wildman–Crippen LogP) is 4.12.